The second kappa shape index (κ2) is 11.6. The molecule has 0 saturated heterocycles. The lowest BCUT2D eigenvalue weighted by atomic mass is 9.84. The van der Waals surface area contributed by atoms with E-state index in [2.05, 4.69) is 194 Å². The molecule has 0 bridgehead atoms. The minimum Gasteiger partial charge on any atom is -0.0622 e. The molecule has 0 spiro atoms. The van der Waals surface area contributed by atoms with Crippen molar-refractivity contribution in [1.29, 1.82) is 0 Å². The highest BCUT2D eigenvalue weighted by atomic mass is 14.2. The quantitative estimate of drug-likeness (QED) is 0.169. The average molecular weight is 633 g/mol. The molecular formula is C50H32. The van der Waals surface area contributed by atoms with E-state index >= 15 is 0 Å². The molecule has 0 nitrogen and oxygen atoms in total. The molecule has 232 valence electrons. The Bertz CT molecular complexity index is 2700. The van der Waals surface area contributed by atoms with Gasteiger partial charge in [-0.3, -0.25) is 0 Å². The van der Waals surface area contributed by atoms with Crippen LogP contribution in [0.1, 0.15) is 0 Å². The van der Waals surface area contributed by atoms with Crippen LogP contribution in [0.25, 0.3) is 98.4 Å². The molecule has 0 fully saturated rings. The Morgan fingerprint density at radius 1 is 0.200 bits per heavy atom. The third-order valence-corrected chi connectivity index (χ3v) is 10.4. The normalized spacial score (nSPS) is 11.6. The maximum atomic E-state index is 2.45. The van der Waals surface area contributed by atoms with Gasteiger partial charge < -0.3 is 0 Å². The predicted molar refractivity (Wildman–Crippen MR) is 216 cm³/mol. The summed E-state index contributed by atoms with van der Waals surface area (Å²) in [6.45, 7) is 0. The molecule has 0 heterocycles. The van der Waals surface area contributed by atoms with Crippen molar-refractivity contribution in [1.82, 2.24) is 0 Å². The minimum atomic E-state index is 1.22. The van der Waals surface area contributed by atoms with Crippen molar-refractivity contribution in [3.8, 4) is 44.5 Å². The minimum absolute atomic E-state index is 1.22. The van der Waals surface area contributed by atoms with E-state index in [1.54, 1.807) is 0 Å². The summed E-state index contributed by atoms with van der Waals surface area (Å²) in [7, 11) is 0. The standard InChI is InChI=1S/C50H32/c1-3-15-33(16-4-1)44-27-35-19-7-9-21-37(35)29-48(44)46-31-39-32-47(41-24-12-14-26-43(41)50(39)42-25-13-11-23-40(42)46)49-30-38-22-10-8-20-36(38)28-45(49)34-17-5-2-6-18-34/h1-32H. The van der Waals surface area contributed by atoms with Gasteiger partial charge in [-0.2, -0.15) is 0 Å². The zero-order valence-electron chi connectivity index (χ0n) is 27.5. The second-order valence-corrected chi connectivity index (χ2v) is 13.3. The molecule has 0 aromatic heterocycles. The summed E-state index contributed by atoms with van der Waals surface area (Å²) in [5, 5.41) is 12.6. The summed E-state index contributed by atoms with van der Waals surface area (Å²) >= 11 is 0. The van der Waals surface area contributed by atoms with Gasteiger partial charge in [0.05, 0.1) is 0 Å². The molecule has 0 radical (unpaired) electrons. The third-order valence-electron chi connectivity index (χ3n) is 10.4. The van der Waals surface area contributed by atoms with E-state index in [-0.39, 0.29) is 0 Å². The smallest absolute Gasteiger partial charge is 0.00259 e. The highest BCUT2D eigenvalue weighted by Gasteiger charge is 2.19. The Balaban J connectivity index is 1.34. The van der Waals surface area contributed by atoms with Gasteiger partial charge in [0.2, 0.25) is 0 Å². The van der Waals surface area contributed by atoms with Crippen LogP contribution in [0, 0.1) is 0 Å². The average Bonchev–Trinajstić information content (AvgIpc) is 3.19. The Hall–Kier alpha value is -6.50. The van der Waals surface area contributed by atoms with Crippen LogP contribution in [0.2, 0.25) is 0 Å². The second-order valence-electron chi connectivity index (χ2n) is 13.3. The van der Waals surface area contributed by atoms with E-state index < -0.39 is 0 Å². The molecule has 0 atom stereocenters. The van der Waals surface area contributed by atoms with Crippen LogP contribution in [-0.2, 0) is 0 Å². The van der Waals surface area contributed by atoms with Crippen molar-refractivity contribution in [2.45, 2.75) is 0 Å². The number of fused-ring (bicyclic) bond motifs is 7. The van der Waals surface area contributed by atoms with Crippen molar-refractivity contribution >= 4 is 53.9 Å². The van der Waals surface area contributed by atoms with E-state index in [0.29, 0.717) is 0 Å². The van der Waals surface area contributed by atoms with Gasteiger partial charge in [-0.1, -0.05) is 158 Å². The van der Waals surface area contributed by atoms with Gasteiger partial charge in [0.1, 0.15) is 0 Å². The number of hydrogen-bond acceptors (Lipinski definition) is 0. The molecule has 0 aliphatic heterocycles. The van der Waals surface area contributed by atoms with Gasteiger partial charge in [0.25, 0.3) is 0 Å². The zero-order valence-corrected chi connectivity index (χ0v) is 27.5. The van der Waals surface area contributed by atoms with Crippen molar-refractivity contribution in [3.05, 3.63) is 194 Å². The summed E-state index contributed by atoms with van der Waals surface area (Å²) in [6.07, 6.45) is 0. The maximum absolute atomic E-state index is 2.45. The van der Waals surface area contributed by atoms with Crippen LogP contribution in [0.15, 0.2) is 194 Å². The molecule has 0 heteroatoms. The van der Waals surface area contributed by atoms with Gasteiger partial charge in [-0.05, 0) is 135 Å². The van der Waals surface area contributed by atoms with E-state index in [1.807, 2.05) is 0 Å². The maximum Gasteiger partial charge on any atom is -0.00259 e. The summed E-state index contributed by atoms with van der Waals surface area (Å²) < 4.78 is 0. The van der Waals surface area contributed by atoms with E-state index in [4.69, 9.17) is 0 Å². The summed E-state index contributed by atoms with van der Waals surface area (Å²) in [5.41, 5.74) is 9.94. The Morgan fingerprint density at radius 2 is 0.500 bits per heavy atom. The zero-order chi connectivity index (χ0) is 33.0. The molecule has 0 amide bonds. The van der Waals surface area contributed by atoms with Crippen LogP contribution in [0.4, 0.5) is 0 Å². The van der Waals surface area contributed by atoms with Gasteiger partial charge in [-0.25, -0.2) is 0 Å². The van der Waals surface area contributed by atoms with Gasteiger partial charge in [-0.15, -0.1) is 0 Å². The molecule has 10 aromatic rings. The van der Waals surface area contributed by atoms with Crippen molar-refractivity contribution in [3.63, 3.8) is 0 Å². The SMILES string of the molecule is c1ccc(-c2cc3ccccc3cc2-c2cc3cc(-c4cc5ccccc5cc4-c4ccccc4)c4ccccc4c3c3ccccc23)cc1. The Labute approximate surface area is 291 Å². The molecule has 0 N–H and O–H groups in total. The molecule has 0 saturated carbocycles. The van der Waals surface area contributed by atoms with Gasteiger partial charge >= 0.3 is 0 Å². The molecule has 0 unspecified atom stereocenters. The first-order chi connectivity index (χ1) is 24.8. The predicted octanol–water partition coefficient (Wildman–Crippen LogP) is 14.1. The fraction of sp³-hybridized carbons (Fsp3) is 0. The van der Waals surface area contributed by atoms with Crippen molar-refractivity contribution in [2.24, 2.45) is 0 Å². The fourth-order valence-electron chi connectivity index (χ4n) is 8.07. The van der Waals surface area contributed by atoms with Crippen LogP contribution >= 0.6 is 0 Å². The lowest BCUT2D eigenvalue weighted by Crippen LogP contribution is -1.92. The van der Waals surface area contributed by atoms with Gasteiger partial charge in [0.15, 0.2) is 0 Å². The molecule has 10 aromatic carbocycles. The monoisotopic (exact) mass is 632 g/mol. The first-order valence-corrected chi connectivity index (χ1v) is 17.3. The molecular weight excluding hydrogens is 601 g/mol. The highest BCUT2D eigenvalue weighted by molar-refractivity contribution is 6.26. The van der Waals surface area contributed by atoms with E-state index in [1.165, 1.54) is 98.4 Å². The lowest BCUT2D eigenvalue weighted by molar-refractivity contribution is 1.62. The topological polar surface area (TPSA) is 0 Å². The van der Waals surface area contributed by atoms with Crippen LogP contribution in [-0.4, -0.2) is 0 Å². The number of benzene rings is 10. The van der Waals surface area contributed by atoms with Crippen molar-refractivity contribution < 1.29 is 0 Å². The fourth-order valence-corrected chi connectivity index (χ4v) is 8.07. The molecule has 0 aliphatic rings. The van der Waals surface area contributed by atoms with Crippen LogP contribution < -0.4 is 0 Å². The molecule has 10 rings (SSSR count). The first kappa shape index (κ1) is 28.5. The first-order valence-electron chi connectivity index (χ1n) is 17.3. The van der Waals surface area contributed by atoms with Gasteiger partial charge in [0, 0.05) is 0 Å². The third kappa shape index (κ3) is 4.61. The Kier molecular flexibility index (Phi) is 6.60. The van der Waals surface area contributed by atoms with Crippen molar-refractivity contribution in [2.75, 3.05) is 0 Å². The summed E-state index contributed by atoms with van der Waals surface area (Å²) in [4.78, 5) is 0. The van der Waals surface area contributed by atoms with E-state index in [0.717, 1.165) is 0 Å². The molecule has 0 aliphatic carbocycles. The van der Waals surface area contributed by atoms with Crippen LogP contribution in [0.5, 0.6) is 0 Å². The summed E-state index contributed by atoms with van der Waals surface area (Å²) in [6, 6.07) is 71.5. The lowest BCUT2D eigenvalue weighted by Gasteiger charge is -2.20. The number of hydrogen-bond donors (Lipinski definition) is 0. The largest absolute Gasteiger partial charge is 0.0622 e. The molecule has 50 heavy (non-hydrogen) atoms. The van der Waals surface area contributed by atoms with Crippen LogP contribution in [0.3, 0.4) is 0 Å². The van der Waals surface area contributed by atoms with E-state index in [9.17, 15) is 0 Å². The Morgan fingerprint density at radius 3 is 0.900 bits per heavy atom. The summed E-state index contributed by atoms with van der Waals surface area (Å²) in [5.74, 6) is 0. The highest BCUT2D eigenvalue weighted by Crippen LogP contribution is 2.46. The number of rotatable bonds is 4.